The molecule has 0 aliphatic heterocycles. The van der Waals surface area contributed by atoms with Crippen LogP contribution in [0.2, 0.25) is 0 Å². The zero-order valence-corrected chi connectivity index (χ0v) is 11.1. The predicted molar refractivity (Wildman–Crippen MR) is 75.1 cm³/mol. The van der Waals surface area contributed by atoms with Crippen molar-refractivity contribution < 1.29 is 9.18 Å². The number of anilines is 1. The van der Waals surface area contributed by atoms with E-state index >= 15 is 0 Å². The number of benzene rings is 1. The number of thiocarbonyl (C=S) groups is 1. The first-order chi connectivity index (χ1) is 8.54. The van der Waals surface area contributed by atoms with E-state index in [1.165, 1.54) is 18.2 Å². The van der Waals surface area contributed by atoms with Crippen LogP contribution >= 0.6 is 12.2 Å². The fraction of sp³-hybridized carbons (Fsp3) is 0.385. The summed E-state index contributed by atoms with van der Waals surface area (Å²) >= 11 is 4.83. The molecule has 0 radical (unpaired) electrons. The first-order valence-electron chi connectivity index (χ1n) is 5.93. The lowest BCUT2D eigenvalue weighted by atomic mass is 10.1. The summed E-state index contributed by atoms with van der Waals surface area (Å²) in [5.74, 6) is -0.533. The molecule has 0 spiro atoms. The normalized spacial score (nSPS) is 10.1. The highest BCUT2D eigenvalue weighted by Gasteiger charge is 2.09. The Balaban J connectivity index is 2.72. The van der Waals surface area contributed by atoms with E-state index in [2.05, 4.69) is 12.2 Å². The fourth-order valence-electron chi connectivity index (χ4n) is 1.58. The third-order valence-corrected chi connectivity index (χ3v) is 2.75. The smallest absolute Gasteiger partial charge is 0.224 e. The second-order valence-corrected chi connectivity index (χ2v) is 4.50. The van der Waals surface area contributed by atoms with Gasteiger partial charge in [0.25, 0.3) is 0 Å². The number of nitrogens with one attached hydrogen (secondary N) is 1. The van der Waals surface area contributed by atoms with Crippen LogP contribution in [0.15, 0.2) is 18.2 Å². The molecule has 3 N–H and O–H groups in total. The molecule has 1 rings (SSSR count). The molecule has 18 heavy (non-hydrogen) atoms. The maximum atomic E-state index is 13.1. The molecule has 0 unspecified atom stereocenters. The lowest BCUT2D eigenvalue weighted by molar-refractivity contribution is -0.116. The lowest BCUT2D eigenvalue weighted by Gasteiger charge is -2.10. The molecule has 0 aliphatic carbocycles. The van der Waals surface area contributed by atoms with E-state index in [1.807, 2.05) is 0 Å². The van der Waals surface area contributed by atoms with Crippen molar-refractivity contribution in [3.63, 3.8) is 0 Å². The Morgan fingerprint density at radius 1 is 1.44 bits per heavy atom. The van der Waals surface area contributed by atoms with Gasteiger partial charge in [-0.25, -0.2) is 4.39 Å². The number of amides is 1. The molecule has 0 fully saturated rings. The van der Waals surface area contributed by atoms with Crippen molar-refractivity contribution in [2.75, 3.05) is 5.32 Å². The standard InChI is InChI=1S/C13H17FN2OS/c1-2-3-4-5-12(17)16-11-7-6-9(14)8-10(11)13(15)18/h6-8H,2-5H2,1H3,(H2,15,18)(H,16,17). The molecule has 1 aromatic carbocycles. The molecule has 1 aromatic rings. The average molecular weight is 268 g/mol. The molecule has 0 aromatic heterocycles. The van der Waals surface area contributed by atoms with Gasteiger partial charge in [-0.2, -0.15) is 0 Å². The van der Waals surface area contributed by atoms with E-state index in [0.717, 1.165) is 19.3 Å². The minimum Gasteiger partial charge on any atom is -0.389 e. The summed E-state index contributed by atoms with van der Waals surface area (Å²) in [5.41, 5.74) is 6.31. The van der Waals surface area contributed by atoms with Gasteiger partial charge in [-0.3, -0.25) is 4.79 Å². The van der Waals surface area contributed by atoms with Gasteiger partial charge in [0.05, 0.1) is 5.69 Å². The highest BCUT2D eigenvalue weighted by atomic mass is 32.1. The molecule has 5 heteroatoms. The van der Waals surface area contributed by atoms with E-state index in [-0.39, 0.29) is 10.9 Å². The Morgan fingerprint density at radius 2 is 2.17 bits per heavy atom. The van der Waals surface area contributed by atoms with Gasteiger partial charge in [-0.05, 0) is 24.6 Å². The number of hydrogen-bond acceptors (Lipinski definition) is 2. The molecule has 0 atom stereocenters. The van der Waals surface area contributed by atoms with Crippen molar-refractivity contribution in [1.82, 2.24) is 0 Å². The Morgan fingerprint density at radius 3 is 2.78 bits per heavy atom. The lowest BCUT2D eigenvalue weighted by Crippen LogP contribution is -2.17. The number of halogens is 1. The van der Waals surface area contributed by atoms with E-state index in [1.54, 1.807) is 0 Å². The van der Waals surface area contributed by atoms with Gasteiger partial charge in [0, 0.05) is 12.0 Å². The van der Waals surface area contributed by atoms with Crippen molar-refractivity contribution in [2.24, 2.45) is 5.73 Å². The van der Waals surface area contributed by atoms with Crippen LogP contribution in [0.4, 0.5) is 10.1 Å². The third-order valence-electron chi connectivity index (χ3n) is 2.53. The number of unbranched alkanes of at least 4 members (excludes halogenated alkanes) is 2. The monoisotopic (exact) mass is 268 g/mol. The van der Waals surface area contributed by atoms with E-state index < -0.39 is 5.82 Å². The van der Waals surface area contributed by atoms with Crippen molar-refractivity contribution in [1.29, 1.82) is 0 Å². The van der Waals surface area contributed by atoms with Crippen molar-refractivity contribution >= 4 is 28.8 Å². The number of carbonyl (C=O) groups is 1. The first-order valence-corrected chi connectivity index (χ1v) is 6.34. The summed E-state index contributed by atoms with van der Waals surface area (Å²) < 4.78 is 13.1. The van der Waals surface area contributed by atoms with E-state index in [4.69, 9.17) is 18.0 Å². The molecular weight excluding hydrogens is 251 g/mol. The second kappa shape index (κ2) is 7.06. The summed E-state index contributed by atoms with van der Waals surface area (Å²) in [6.45, 7) is 2.07. The molecule has 1 amide bonds. The molecular formula is C13H17FN2OS. The summed E-state index contributed by atoms with van der Waals surface area (Å²) in [4.78, 5) is 11.7. The Bertz CT molecular complexity index is 449. The van der Waals surface area contributed by atoms with Gasteiger partial charge < -0.3 is 11.1 Å². The van der Waals surface area contributed by atoms with Crippen LogP contribution in [-0.4, -0.2) is 10.9 Å². The molecule has 0 saturated carbocycles. The van der Waals surface area contributed by atoms with Crippen molar-refractivity contribution in [3.05, 3.63) is 29.6 Å². The van der Waals surface area contributed by atoms with Crippen LogP contribution in [0.25, 0.3) is 0 Å². The number of hydrogen-bond donors (Lipinski definition) is 2. The van der Waals surface area contributed by atoms with Crippen LogP contribution in [-0.2, 0) is 4.79 Å². The summed E-state index contributed by atoms with van der Waals surface area (Å²) in [6, 6.07) is 3.97. The van der Waals surface area contributed by atoms with Crippen LogP contribution in [0.5, 0.6) is 0 Å². The predicted octanol–water partition coefficient (Wildman–Crippen LogP) is 2.98. The van der Waals surface area contributed by atoms with Crippen LogP contribution in [0.1, 0.15) is 38.2 Å². The Kier molecular flexibility index (Phi) is 5.71. The van der Waals surface area contributed by atoms with Crippen molar-refractivity contribution in [3.8, 4) is 0 Å². The minimum atomic E-state index is -0.429. The minimum absolute atomic E-state index is 0.0679. The summed E-state index contributed by atoms with van der Waals surface area (Å²) in [6.07, 6.45) is 3.36. The van der Waals surface area contributed by atoms with Gasteiger partial charge in [-0.15, -0.1) is 0 Å². The highest BCUT2D eigenvalue weighted by molar-refractivity contribution is 7.80. The average Bonchev–Trinajstić information content (AvgIpc) is 2.31. The van der Waals surface area contributed by atoms with Gasteiger partial charge in [0.15, 0.2) is 0 Å². The highest BCUT2D eigenvalue weighted by Crippen LogP contribution is 2.17. The summed E-state index contributed by atoms with van der Waals surface area (Å²) in [5, 5.41) is 2.70. The SMILES string of the molecule is CCCCCC(=O)Nc1ccc(F)cc1C(N)=S. The molecule has 0 aliphatic rings. The number of carbonyl (C=O) groups excluding carboxylic acids is 1. The second-order valence-electron chi connectivity index (χ2n) is 4.06. The van der Waals surface area contributed by atoms with E-state index in [9.17, 15) is 9.18 Å². The van der Waals surface area contributed by atoms with Crippen LogP contribution < -0.4 is 11.1 Å². The quantitative estimate of drug-likeness (QED) is 0.616. The molecule has 0 heterocycles. The molecule has 98 valence electrons. The maximum absolute atomic E-state index is 13.1. The van der Waals surface area contributed by atoms with Crippen LogP contribution in [0.3, 0.4) is 0 Å². The fourth-order valence-corrected chi connectivity index (χ4v) is 1.75. The van der Waals surface area contributed by atoms with Gasteiger partial charge >= 0.3 is 0 Å². The largest absolute Gasteiger partial charge is 0.389 e. The summed E-state index contributed by atoms with van der Waals surface area (Å²) in [7, 11) is 0. The first kappa shape index (κ1) is 14.6. The van der Waals surface area contributed by atoms with Gasteiger partial charge in [0.1, 0.15) is 10.8 Å². The van der Waals surface area contributed by atoms with Gasteiger partial charge in [0.2, 0.25) is 5.91 Å². The van der Waals surface area contributed by atoms with E-state index in [0.29, 0.717) is 17.7 Å². The van der Waals surface area contributed by atoms with Crippen molar-refractivity contribution in [2.45, 2.75) is 32.6 Å². The Hall–Kier alpha value is -1.49. The zero-order valence-electron chi connectivity index (χ0n) is 10.3. The molecule has 0 bridgehead atoms. The topological polar surface area (TPSA) is 55.1 Å². The molecule has 0 saturated heterocycles. The Labute approximate surface area is 112 Å². The maximum Gasteiger partial charge on any atom is 0.224 e. The molecule has 3 nitrogen and oxygen atoms in total. The zero-order chi connectivity index (χ0) is 13.5. The van der Waals surface area contributed by atoms with Crippen LogP contribution in [0, 0.1) is 5.82 Å². The number of rotatable bonds is 6. The van der Waals surface area contributed by atoms with Gasteiger partial charge in [-0.1, -0.05) is 32.0 Å². The third kappa shape index (κ3) is 4.41. The number of nitrogens with two attached hydrogens (primary N) is 1.